The molecule has 0 aliphatic carbocycles. The van der Waals surface area contributed by atoms with Gasteiger partial charge in [-0.05, 0) is 12.1 Å². The Kier molecular flexibility index (Phi) is 1.96. The van der Waals surface area contributed by atoms with Crippen LogP contribution in [0.15, 0.2) is 30.6 Å². The molecule has 0 aliphatic heterocycles. The second-order valence-electron chi connectivity index (χ2n) is 2.60. The molecule has 0 fully saturated rings. The molecule has 2 aromatic rings. The van der Waals surface area contributed by atoms with Crippen molar-refractivity contribution in [2.24, 2.45) is 0 Å². The Labute approximate surface area is 74.8 Å². The van der Waals surface area contributed by atoms with Crippen LogP contribution < -0.4 is 0 Å². The predicted octanol–water partition coefficient (Wildman–Crippen LogP) is 1.17. The number of benzene rings is 1. The highest BCUT2D eigenvalue weighted by Crippen LogP contribution is 2.10. The number of fused-ring (bicyclic) bond motifs is 1. The first-order chi connectivity index (χ1) is 6.42. The summed E-state index contributed by atoms with van der Waals surface area (Å²) in [6, 6.07) is 7.67. The Morgan fingerprint density at radius 2 is 2.31 bits per heavy atom. The van der Waals surface area contributed by atoms with Crippen LogP contribution in [-0.4, -0.2) is 16.0 Å². The van der Waals surface area contributed by atoms with Crippen molar-refractivity contribution in [3.63, 3.8) is 0 Å². The molecule has 4 nitrogen and oxygen atoms in total. The monoisotopic (exact) mass is 176 g/mol. The molecule has 66 valence electrons. The SMILES string of the molecule is O=COCn1cnc2ccccc21. The average molecular weight is 176 g/mol. The van der Waals surface area contributed by atoms with Crippen LogP contribution in [0.4, 0.5) is 0 Å². The molecule has 4 heteroatoms. The Hall–Kier alpha value is -1.84. The first-order valence-corrected chi connectivity index (χ1v) is 3.87. The highest BCUT2D eigenvalue weighted by Gasteiger charge is 1.99. The predicted molar refractivity (Wildman–Crippen MR) is 46.9 cm³/mol. The van der Waals surface area contributed by atoms with E-state index in [1.54, 1.807) is 10.9 Å². The first-order valence-electron chi connectivity index (χ1n) is 3.87. The maximum absolute atomic E-state index is 9.98. The van der Waals surface area contributed by atoms with Gasteiger partial charge in [-0.15, -0.1) is 0 Å². The molecule has 1 heterocycles. The summed E-state index contributed by atoms with van der Waals surface area (Å²) in [5.41, 5.74) is 1.86. The summed E-state index contributed by atoms with van der Waals surface area (Å²) < 4.78 is 6.40. The van der Waals surface area contributed by atoms with Gasteiger partial charge < -0.3 is 4.74 Å². The quantitative estimate of drug-likeness (QED) is 0.659. The highest BCUT2D eigenvalue weighted by molar-refractivity contribution is 5.74. The Morgan fingerprint density at radius 1 is 1.46 bits per heavy atom. The molecule has 13 heavy (non-hydrogen) atoms. The largest absolute Gasteiger partial charge is 0.446 e. The van der Waals surface area contributed by atoms with Crippen molar-refractivity contribution in [3.05, 3.63) is 30.6 Å². The van der Waals surface area contributed by atoms with E-state index in [1.807, 2.05) is 24.3 Å². The summed E-state index contributed by atoms with van der Waals surface area (Å²) in [4.78, 5) is 14.1. The summed E-state index contributed by atoms with van der Waals surface area (Å²) in [6.07, 6.45) is 1.65. The molecule has 0 atom stereocenters. The Morgan fingerprint density at radius 3 is 3.15 bits per heavy atom. The van der Waals surface area contributed by atoms with Gasteiger partial charge in [0.05, 0.1) is 17.4 Å². The van der Waals surface area contributed by atoms with Crippen LogP contribution in [0.1, 0.15) is 0 Å². The first kappa shape index (κ1) is 7.79. The number of ether oxygens (including phenoxy) is 1. The minimum atomic E-state index is 0.212. The molecule has 0 amide bonds. The molecule has 1 aromatic carbocycles. The van der Waals surface area contributed by atoms with Gasteiger partial charge in [-0.25, -0.2) is 4.98 Å². The minimum Gasteiger partial charge on any atom is -0.446 e. The van der Waals surface area contributed by atoms with Crippen molar-refractivity contribution in [2.75, 3.05) is 0 Å². The molecule has 0 saturated heterocycles. The molecule has 0 saturated carbocycles. The van der Waals surface area contributed by atoms with Gasteiger partial charge in [0.15, 0.2) is 6.73 Å². The van der Waals surface area contributed by atoms with E-state index in [2.05, 4.69) is 9.72 Å². The van der Waals surface area contributed by atoms with Crippen LogP contribution in [-0.2, 0) is 16.3 Å². The molecule has 0 N–H and O–H groups in total. The number of nitrogens with zero attached hydrogens (tertiary/aromatic N) is 2. The molecule has 0 radical (unpaired) electrons. The zero-order valence-corrected chi connectivity index (χ0v) is 6.88. The number of hydrogen-bond acceptors (Lipinski definition) is 3. The number of para-hydroxylation sites is 2. The van der Waals surface area contributed by atoms with Crippen molar-refractivity contribution < 1.29 is 9.53 Å². The molecule has 2 rings (SSSR count). The van der Waals surface area contributed by atoms with Crippen LogP contribution in [0.25, 0.3) is 11.0 Å². The molecule has 1 aromatic heterocycles. The van der Waals surface area contributed by atoms with E-state index in [1.165, 1.54) is 0 Å². The number of carbonyl (C=O) groups is 1. The summed E-state index contributed by atoms with van der Waals surface area (Å²) in [7, 11) is 0. The second-order valence-corrected chi connectivity index (χ2v) is 2.60. The van der Waals surface area contributed by atoms with Crippen molar-refractivity contribution in [3.8, 4) is 0 Å². The highest BCUT2D eigenvalue weighted by atomic mass is 16.5. The Bertz CT molecular complexity index is 422. The van der Waals surface area contributed by atoms with Crippen LogP contribution in [0, 0.1) is 0 Å². The number of imidazole rings is 1. The number of aromatic nitrogens is 2. The summed E-state index contributed by atoms with van der Waals surface area (Å²) in [5.74, 6) is 0. The van der Waals surface area contributed by atoms with Gasteiger partial charge in [-0.3, -0.25) is 9.36 Å². The zero-order chi connectivity index (χ0) is 9.10. The van der Waals surface area contributed by atoms with E-state index in [0.717, 1.165) is 11.0 Å². The van der Waals surface area contributed by atoms with Gasteiger partial charge in [0.1, 0.15) is 0 Å². The van der Waals surface area contributed by atoms with E-state index < -0.39 is 0 Å². The lowest BCUT2D eigenvalue weighted by Gasteiger charge is -2.00. The van der Waals surface area contributed by atoms with Crippen molar-refractivity contribution in [2.45, 2.75) is 6.73 Å². The third-order valence-electron chi connectivity index (χ3n) is 1.81. The van der Waals surface area contributed by atoms with Crippen LogP contribution in [0.3, 0.4) is 0 Å². The van der Waals surface area contributed by atoms with E-state index >= 15 is 0 Å². The lowest BCUT2D eigenvalue weighted by Crippen LogP contribution is -1.98. The summed E-state index contributed by atoms with van der Waals surface area (Å²) in [5, 5.41) is 0. The number of rotatable bonds is 3. The topological polar surface area (TPSA) is 44.1 Å². The van der Waals surface area contributed by atoms with Crippen LogP contribution in [0.5, 0.6) is 0 Å². The average Bonchev–Trinajstić information content (AvgIpc) is 2.58. The van der Waals surface area contributed by atoms with Gasteiger partial charge >= 0.3 is 0 Å². The minimum absolute atomic E-state index is 0.212. The van der Waals surface area contributed by atoms with E-state index in [9.17, 15) is 4.79 Å². The lowest BCUT2D eigenvalue weighted by molar-refractivity contribution is -0.131. The fraction of sp³-hybridized carbons (Fsp3) is 0.111. The third kappa shape index (κ3) is 1.38. The second kappa shape index (κ2) is 3.26. The molecule has 0 aliphatic rings. The van der Waals surface area contributed by atoms with Gasteiger partial charge in [0.25, 0.3) is 6.47 Å². The fourth-order valence-electron chi connectivity index (χ4n) is 1.22. The normalized spacial score (nSPS) is 10.2. The third-order valence-corrected chi connectivity index (χ3v) is 1.81. The summed E-state index contributed by atoms with van der Waals surface area (Å²) >= 11 is 0. The van der Waals surface area contributed by atoms with E-state index in [4.69, 9.17) is 0 Å². The van der Waals surface area contributed by atoms with Crippen LogP contribution in [0.2, 0.25) is 0 Å². The zero-order valence-electron chi connectivity index (χ0n) is 6.88. The van der Waals surface area contributed by atoms with Gasteiger partial charge in [0.2, 0.25) is 0 Å². The lowest BCUT2D eigenvalue weighted by atomic mass is 10.3. The Balaban J connectivity index is 2.40. The van der Waals surface area contributed by atoms with Crippen molar-refractivity contribution >= 4 is 17.5 Å². The molecular weight excluding hydrogens is 168 g/mol. The summed E-state index contributed by atoms with van der Waals surface area (Å²) in [6.45, 7) is 0.638. The maximum Gasteiger partial charge on any atom is 0.294 e. The number of carbonyl (C=O) groups excluding carboxylic acids is 1. The van der Waals surface area contributed by atoms with Gasteiger partial charge in [0, 0.05) is 0 Å². The van der Waals surface area contributed by atoms with E-state index in [-0.39, 0.29) is 6.73 Å². The molecule has 0 unspecified atom stereocenters. The van der Waals surface area contributed by atoms with Gasteiger partial charge in [-0.1, -0.05) is 12.1 Å². The van der Waals surface area contributed by atoms with Crippen molar-refractivity contribution in [1.82, 2.24) is 9.55 Å². The molecule has 0 bridgehead atoms. The molecular formula is C9H8N2O2. The maximum atomic E-state index is 9.98. The van der Waals surface area contributed by atoms with Gasteiger partial charge in [-0.2, -0.15) is 0 Å². The fourth-order valence-corrected chi connectivity index (χ4v) is 1.22. The number of hydrogen-bond donors (Lipinski definition) is 0. The standard InChI is InChI=1S/C9H8N2O2/c12-7-13-6-11-5-10-8-3-1-2-4-9(8)11/h1-5,7H,6H2. The molecule has 0 spiro atoms. The van der Waals surface area contributed by atoms with Crippen LogP contribution >= 0.6 is 0 Å². The van der Waals surface area contributed by atoms with Crippen molar-refractivity contribution in [1.29, 1.82) is 0 Å². The van der Waals surface area contributed by atoms with E-state index in [0.29, 0.717) is 6.47 Å². The smallest absolute Gasteiger partial charge is 0.294 e.